The van der Waals surface area contributed by atoms with E-state index in [0.717, 1.165) is 96.3 Å². The number of rotatable bonds is 52. The van der Waals surface area contributed by atoms with E-state index in [-0.39, 0.29) is 19.1 Å². The molecule has 0 aliphatic heterocycles. The summed E-state index contributed by atoms with van der Waals surface area (Å²) in [6, 6.07) is -0.879. The van der Waals surface area contributed by atoms with Crippen LogP contribution in [0.3, 0.4) is 0 Å². The maximum absolute atomic E-state index is 13.0. The summed E-state index contributed by atoms with van der Waals surface area (Å²) in [5.74, 6) is -0.199. The van der Waals surface area contributed by atoms with E-state index in [4.69, 9.17) is 9.05 Å². The van der Waals surface area contributed by atoms with Gasteiger partial charge >= 0.3 is 7.82 Å². The SMILES string of the molecule is CC/C=C\C/C=C\C/C=C\C/C=C\C/C=C\C/C=C\C/C=C\C/C=C\CCCCCCCCCCCCCCC(=O)NC(COP(=O)(O)OCC[N+](C)(C)C)C(O)/C=C/CC/C=C/CC/C=C/CCCCCCC. The highest BCUT2D eigenvalue weighted by molar-refractivity contribution is 7.47. The number of carbonyl (C=O) groups excluding carboxylic acids is 1. The van der Waals surface area contributed by atoms with Crippen LogP contribution in [0.2, 0.25) is 0 Å². The van der Waals surface area contributed by atoms with Crippen LogP contribution in [-0.2, 0) is 18.4 Å². The lowest BCUT2D eigenvalue weighted by Crippen LogP contribution is -2.45. The van der Waals surface area contributed by atoms with E-state index in [1.165, 1.54) is 103 Å². The molecule has 9 heteroatoms. The van der Waals surface area contributed by atoms with Crippen LogP contribution >= 0.6 is 7.82 Å². The summed E-state index contributed by atoms with van der Waals surface area (Å²) in [4.78, 5) is 23.3. The number of phosphoric ester groups is 1. The van der Waals surface area contributed by atoms with Crippen LogP contribution in [-0.4, -0.2) is 73.4 Å². The smallest absolute Gasteiger partial charge is 0.387 e. The van der Waals surface area contributed by atoms with Crippen LogP contribution in [0.1, 0.15) is 219 Å². The van der Waals surface area contributed by atoms with E-state index in [1.807, 2.05) is 27.2 Å². The summed E-state index contributed by atoms with van der Waals surface area (Å²) in [5.41, 5.74) is 0. The summed E-state index contributed by atoms with van der Waals surface area (Å²) in [6.45, 7) is 4.64. The molecular formula is C65H112N2O6P+. The van der Waals surface area contributed by atoms with Crippen LogP contribution in [0.4, 0.5) is 0 Å². The molecule has 3 unspecified atom stereocenters. The lowest BCUT2D eigenvalue weighted by molar-refractivity contribution is -0.870. The second-order valence-electron chi connectivity index (χ2n) is 20.6. The highest BCUT2D eigenvalue weighted by Crippen LogP contribution is 2.43. The van der Waals surface area contributed by atoms with Gasteiger partial charge < -0.3 is 19.8 Å². The second kappa shape index (κ2) is 54.4. The third-order valence-corrected chi connectivity index (χ3v) is 13.3. The van der Waals surface area contributed by atoms with Gasteiger partial charge in [0.25, 0.3) is 0 Å². The summed E-state index contributed by atoms with van der Waals surface area (Å²) in [7, 11) is 1.53. The van der Waals surface area contributed by atoms with E-state index in [1.54, 1.807) is 6.08 Å². The first-order valence-electron chi connectivity index (χ1n) is 29.6. The Kier molecular flexibility index (Phi) is 52.0. The number of quaternary nitrogens is 1. The molecule has 0 aromatic carbocycles. The van der Waals surface area contributed by atoms with Crippen molar-refractivity contribution in [1.29, 1.82) is 0 Å². The number of hydrogen-bond acceptors (Lipinski definition) is 5. The van der Waals surface area contributed by atoms with Gasteiger partial charge in [0.15, 0.2) is 0 Å². The minimum Gasteiger partial charge on any atom is -0.387 e. The van der Waals surface area contributed by atoms with Gasteiger partial charge in [0.2, 0.25) is 5.91 Å². The number of nitrogens with one attached hydrogen (secondary N) is 1. The van der Waals surface area contributed by atoms with E-state index in [2.05, 4.69) is 141 Å². The van der Waals surface area contributed by atoms with Gasteiger partial charge in [0.05, 0.1) is 39.9 Å². The first-order chi connectivity index (χ1) is 36.0. The minimum atomic E-state index is -4.37. The molecule has 0 aromatic rings. The molecule has 0 radical (unpaired) electrons. The Morgan fingerprint density at radius 2 is 0.824 bits per heavy atom. The highest BCUT2D eigenvalue weighted by atomic mass is 31.2. The average molecular weight is 1050 g/mol. The van der Waals surface area contributed by atoms with Gasteiger partial charge in [-0.3, -0.25) is 13.8 Å². The standard InChI is InChI=1S/C65H111N2O6P/c1-6-8-10-12-14-16-18-20-22-23-24-25-26-27-28-29-30-31-32-33-34-35-36-37-38-39-40-41-42-43-45-47-49-51-53-55-57-59-65(69)66-63(62-73-74(70,71)72-61-60-67(3,4)5)64(68)58-56-54-52-50-48-46-44-21-19-17-15-13-11-9-7-2/h8,10,14,16,19-22,24-25,27-28,30-31,33-34,36-37,48,50,56,58,63-64,68H,6-7,9,11-13,15,17-18,23,26,29,32,35,38-47,49,51-55,57,59-62H2,1-5H3,(H-,66,69,70,71)/p+1/b10-8-,16-14-,21-19+,22-20-,25-24-,28-27-,31-30-,34-33-,37-36-,50-48+,58-56+. The Bertz CT molecular complexity index is 1660. The zero-order valence-electron chi connectivity index (χ0n) is 48.0. The van der Waals surface area contributed by atoms with Crippen molar-refractivity contribution in [2.45, 2.75) is 231 Å². The fraction of sp³-hybridized carbons (Fsp3) is 0.646. The van der Waals surface area contributed by atoms with Crippen molar-refractivity contribution in [2.75, 3.05) is 40.9 Å². The molecule has 3 N–H and O–H groups in total. The normalized spacial score (nSPS) is 14.9. The maximum atomic E-state index is 13.0. The van der Waals surface area contributed by atoms with Gasteiger partial charge in [-0.25, -0.2) is 4.57 Å². The van der Waals surface area contributed by atoms with Crippen LogP contribution in [0.5, 0.6) is 0 Å². The fourth-order valence-corrected chi connectivity index (χ4v) is 8.47. The van der Waals surface area contributed by atoms with Gasteiger partial charge in [-0.1, -0.05) is 237 Å². The van der Waals surface area contributed by atoms with Gasteiger partial charge in [0.1, 0.15) is 13.2 Å². The summed E-state index contributed by atoms with van der Waals surface area (Å²) >= 11 is 0. The molecule has 0 saturated carbocycles. The molecular weight excluding hydrogens is 936 g/mol. The maximum Gasteiger partial charge on any atom is 0.472 e. The number of phosphoric acid groups is 1. The molecule has 0 bridgehead atoms. The van der Waals surface area contributed by atoms with Crippen LogP contribution in [0.15, 0.2) is 134 Å². The third-order valence-electron chi connectivity index (χ3n) is 12.3. The monoisotopic (exact) mass is 1050 g/mol. The summed E-state index contributed by atoms with van der Waals surface area (Å²) < 4.78 is 23.6. The Labute approximate surface area is 456 Å². The van der Waals surface area contributed by atoms with Crippen molar-refractivity contribution < 1.29 is 32.9 Å². The van der Waals surface area contributed by atoms with Gasteiger partial charge in [0, 0.05) is 6.42 Å². The van der Waals surface area contributed by atoms with E-state index < -0.39 is 20.0 Å². The summed E-state index contributed by atoms with van der Waals surface area (Å²) in [5, 5.41) is 13.9. The second-order valence-corrected chi connectivity index (χ2v) is 22.1. The van der Waals surface area contributed by atoms with Crippen molar-refractivity contribution in [1.82, 2.24) is 5.32 Å². The van der Waals surface area contributed by atoms with Gasteiger partial charge in [-0.15, -0.1) is 0 Å². The number of allylic oxidation sites excluding steroid dienone is 21. The number of nitrogens with zero attached hydrogens (tertiary/aromatic N) is 1. The van der Waals surface area contributed by atoms with E-state index in [0.29, 0.717) is 17.4 Å². The predicted molar refractivity (Wildman–Crippen MR) is 322 cm³/mol. The molecule has 422 valence electrons. The zero-order valence-corrected chi connectivity index (χ0v) is 48.9. The predicted octanol–water partition coefficient (Wildman–Crippen LogP) is 18.3. The van der Waals surface area contributed by atoms with E-state index in [9.17, 15) is 19.4 Å². The van der Waals surface area contributed by atoms with Gasteiger partial charge in [-0.05, 0) is 109 Å². The third kappa shape index (κ3) is 56.4. The number of aliphatic hydroxyl groups excluding tert-OH is 1. The minimum absolute atomic E-state index is 0.0471. The number of likely N-dealkylation sites (N-methyl/N-ethyl adjacent to an activating group) is 1. The topological polar surface area (TPSA) is 105 Å². The Hall–Kier alpha value is -3.36. The zero-order chi connectivity index (χ0) is 54.2. The van der Waals surface area contributed by atoms with Crippen molar-refractivity contribution in [3.05, 3.63) is 134 Å². The number of carbonyl (C=O) groups is 1. The molecule has 3 atom stereocenters. The molecule has 1 amide bonds. The summed E-state index contributed by atoms with van der Waals surface area (Å²) in [6.07, 6.45) is 82.8. The molecule has 0 heterocycles. The Balaban J connectivity index is 4.15. The number of hydrogen-bond donors (Lipinski definition) is 3. The molecule has 0 rings (SSSR count). The van der Waals surface area contributed by atoms with Gasteiger partial charge in [-0.2, -0.15) is 0 Å². The first-order valence-corrected chi connectivity index (χ1v) is 31.1. The number of unbranched alkanes of at least 4 members (excludes halogenated alkanes) is 19. The van der Waals surface area contributed by atoms with Crippen molar-refractivity contribution in [3.63, 3.8) is 0 Å². The average Bonchev–Trinajstić information content (AvgIpc) is 3.36. The molecule has 8 nitrogen and oxygen atoms in total. The molecule has 74 heavy (non-hydrogen) atoms. The van der Waals surface area contributed by atoms with Crippen LogP contribution in [0.25, 0.3) is 0 Å². The van der Waals surface area contributed by atoms with Crippen molar-refractivity contribution in [3.8, 4) is 0 Å². The molecule has 0 spiro atoms. The lowest BCUT2D eigenvalue weighted by atomic mass is 10.0. The Morgan fingerprint density at radius 1 is 0.473 bits per heavy atom. The van der Waals surface area contributed by atoms with Crippen molar-refractivity contribution in [2.24, 2.45) is 0 Å². The highest BCUT2D eigenvalue weighted by Gasteiger charge is 2.27. The molecule has 0 aliphatic carbocycles. The fourth-order valence-electron chi connectivity index (χ4n) is 7.74. The van der Waals surface area contributed by atoms with Crippen molar-refractivity contribution >= 4 is 13.7 Å². The molecule has 0 aromatic heterocycles. The molecule has 0 fully saturated rings. The Morgan fingerprint density at radius 3 is 1.24 bits per heavy atom. The quantitative estimate of drug-likeness (QED) is 0.0243. The number of amides is 1. The van der Waals surface area contributed by atoms with Crippen LogP contribution < -0.4 is 5.32 Å². The largest absolute Gasteiger partial charge is 0.472 e. The number of aliphatic hydroxyl groups is 1. The molecule has 0 aliphatic rings. The molecule has 0 saturated heterocycles. The van der Waals surface area contributed by atoms with E-state index >= 15 is 0 Å². The van der Waals surface area contributed by atoms with Crippen LogP contribution in [0, 0.1) is 0 Å². The first kappa shape index (κ1) is 70.6. The lowest BCUT2D eigenvalue weighted by Gasteiger charge is -2.25.